The number of unbranched alkanes of at least 4 members (excludes halogenated alkanes) is 4. The minimum absolute atomic E-state index is 0.573. The van der Waals surface area contributed by atoms with Gasteiger partial charge in [-0.1, -0.05) is 92.1 Å². The molecular weight excluding hydrogens is 468 g/mol. The third kappa shape index (κ3) is 9.06. The fraction of sp³-hybridized carbons (Fsp3) is 0.618. The number of nitrogens with zero attached hydrogens (tertiary/aromatic N) is 1. The van der Waals surface area contributed by atoms with Gasteiger partial charge in [0.25, 0.3) is 0 Å². The largest absolute Gasteiger partial charge is 0.493 e. The van der Waals surface area contributed by atoms with Crippen molar-refractivity contribution in [2.24, 2.45) is 11.8 Å². The molecule has 3 aromatic rings. The molecule has 0 aliphatic rings. The summed E-state index contributed by atoms with van der Waals surface area (Å²) in [5, 5.41) is 0. The monoisotopic (exact) mass is 520 g/mol. The Morgan fingerprint density at radius 3 is 2.08 bits per heavy atom. The minimum atomic E-state index is 0.573. The van der Waals surface area contributed by atoms with Crippen molar-refractivity contribution >= 4 is 11.0 Å². The summed E-state index contributed by atoms with van der Waals surface area (Å²) in [5.74, 6) is 3.79. The topological polar surface area (TPSA) is 47.1 Å². The number of rotatable bonds is 19. The standard InChI is InChI=1S/C34H52N2O2/c1-6-11-14-17-28-18-20-31-32(22-28)36-34(35-31)30-23-29(37-24-26(9-4)15-12-7-2)19-21-33(30)38-25-27(10-5)16-13-8-3/h18-23,26-27H,6-17,24-25H2,1-5H3,(H,35,36). The average molecular weight is 521 g/mol. The molecule has 0 saturated heterocycles. The Morgan fingerprint density at radius 1 is 0.737 bits per heavy atom. The van der Waals surface area contributed by atoms with E-state index in [-0.39, 0.29) is 0 Å². The summed E-state index contributed by atoms with van der Waals surface area (Å²) >= 11 is 0. The smallest absolute Gasteiger partial charge is 0.142 e. The molecule has 38 heavy (non-hydrogen) atoms. The highest BCUT2D eigenvalue weighted by molar-refractivity contribution is 5.81. The van der Waals surface area contributed by atoms with Gasteiger partial charge in [0.1, 0.15) is 17.3 Å². The van der Waals surface area contributed by atoms with Crippen molar-refractivity contribution in [3.8, 4) is 22.9 Å². The second-order valence-electron chi connectivity index (χ2n) is 11.0. The summed E-state index contributed by atoms with van der Waals surface area (Å²) in [7, 11) is 0. The molecule has 4 heteroatoms. The first kappa shape index (κ1) is 30.1. The van der Waals surface area contributed by atoms with Crippen LogP contribution in [0.2, 0.25) is 0 Å². The molecule has 4 nitrogen and oxygen atoms in total. The highest BCUT2D eigenvalue weighted by Crippen LogP contribution is 2.34. The number of aromatic nitrogens is 2. The van der Waals surface area contributed by atoms with E-state index >= 15 is 0 Å². The lowest BCUT2D eigenvalue weighted by atomic mass is 10.0. The second-order valence-corrected chi connectivity index (χ2v) is 11.0. The van der Waals surface area contributed by atoms with Crippen LogP contribution in [0.4, 0.5) is 0 Å². The highest BCUT2D eigenvalue weighted by atomic mass is 16.5. The number of H-pyrrole nitrogens is 1. The van der Waals surface area contributed by atoms with E-state index in [9.17, 15) is 0 Å². The SMILES string of the molecule is CCCCCc1ccc2[nH]c(-c3cc(OCC(CC)CCCC)ccc3OCC(CC)CCCC)nc2c1. The molecule has 2 aromatic carbocycles. The number of hydrogen-bond acceptors (Lipinski definition) is 3. The summed E-state index contributed by atoms with van der Waals surface area (Å²) in [6, 6.07) is 12.9. The van der Waals surface area contributed by atoms with Crippen molar-refractivity contribution in [1.82, 2.24) is 9.97 Å². The molecule has 2 atom stereocenters. The van der Waals surface area contributed by atoms with Gasteiger partial charge in [0.2, 0.25) is 0 Å². The predicted octanol–water partition coefficient (Wildman–Crippen LogP) is 10.2. The third-order valence-corrected chi connectivity index (χ3v) is 7.87. The van der Waals surface area contributed by atoms with Gasteiger partial charge in [0, 0.05) is 0 Å². The molecule has 1 aromatic heterocycles. The van der Waals surface area contributed by atoms with Crippen molar-refractivity contribution in [2.75, 3.05) is 13.2 Å². The maximum atomic E-state index is 6.47. The number of aryl methyl sites for hydroxylation is 1. The maximum Gasteiger partial charge on any atom is 0.142 e. The summed E-state index contributed by atoms with van der Waals surface area (Å²) in [6.45, 7) is 12.8. The minimum Gasteiger partial charge on any atom is -0.493 e. The van der Waals surface area contributed by atoms with Gasteiger partial charge in [-0.05, 0) is 73.4 Å². The maximum absolute atomic E-state index is 6.47. The number of imidazole rings is 1. The normalized spacial score (nSPS) is 13.1. The van der Waals surface area contributed by atoms with Crippen LogP contribution < -0.4 is 9.47 Å². The van der Waals surface area contributed by atoms with E-state index in [0.717, 1.165) is 66.4 Å². The number of nitrogens with one attached hydrogen (secondary N) is 1. The summed E-state index contributed by atoms with van der Waals surface area (Å²) in [6.07, 6.45) is 14.5. The molecule has 0 amide bonds. The van der Waals surface area contributed by atoms with Crippen molar-refractivity contribution in [2.45, 2.75) is 112 Å². The Balaban J connectivity index is 1.85. The number of fused-ring (bicyclic) bond motifs is 1. The fourth-order valence-corrected chi connectivity index (χ4v) is 5.04. The molecule has 0 saturated carbocycles. The van der Waals surface area contributed by atoms with Crippen LogP contribution in [0.5, 0.6) is 11.5 Å². The zero-order chi connectivity index (χ0) is 27.2. The Bertz CT molecular complexity index is 1070. The molecule has 2 unspecified atom stereocenters. The molecule has 1 heterocycles. The first-order valence-corrected chi connectivity index (χ1v) is 15.5. The molecule has 0 spiro atoms. The Hall–Kier alpha value is -2.49. The molecule has 1 N–H and O–H groups in total. The third-order valence-electron chi connectivity index (χ3n) is 7.87. The van der Waals surface area contributed by atoms with Crippen molar-refractivity contribution < 1.29 is 9.47 Å². The van der Waals surface area contributed by atoms with E-state index in [1.165, 1.54) is 63.4 Å². The quantitative estimate of drug-likeness (QED) is 0.160. The van der Waals surface area contributed by atoms with Crippen LogP contribution >= 0.6 is 0 Å². The van der Waals surface area contributed by atoms with Gasteiger partial charge in [0.15, 0.2) is 0 Å². The van der Waals surface area contributed by atoms with Crippen LogP contribution in [0.1, 0.15) is 111 Å². The zero-order valence-electron chi connectivity index (χ0n) is 24.8. The number of benzene rings is 2. The molecule has 3 rings (SSSR count). The van der Waals surface area contributed by atoms with Crippen LogP contribution in [0.25, 0.3) is 22.4 Å². The van der Waals surface area contributed by atoms with Crippen LogP contribution in [0.15, 0.2) is 36.4 Å². The Kier molecular flexibility index (Phi) is 13.0. The summed E-state index contributed by atoms with van der Waals surface area (Å²) < 4.78 is 12.8. The lowest BCUT2D eigenvalue weighted by Crippen LogP contribution is -2.13. The van der Waals surface area contributed by atoms with Gasteiger partial charge in [-0.15, -0.1) is 0 Å². The fourth-order valence-electron chi connectivity index (χ4n) is 5.04. The summed E-state index contributed by atoms with van der Waals surface area (Å²) in [4.78, 5) is 8.60. The number of ether oxygens (including phenoxy) is 2. The highest BCUT2D eigenvalue weighted by Gasteiger charge is 2.16. The molecule has 210 valence electrons. The van der Waals surface area contributed by atoms with E-state index in [4.69, 9.17) is 14.5 Å². The molecule has 0 radical (unpaired) electrons. The van der Waals surface area contributed by atoms with Gasteiger partial charge in [-0.2, -0.15) is 0 Å². The van der Waals surface area contributed by atoms with Crippen LogP contribution in [-0.2, 0) is 6.42 Å². The lowest BCUT2D eigenvalue weighted by Gasteiger charge is -2.19. The molecule has 0 fully saturated rings. The van der Waals surface area contributed by atoms with Crippen LogP contribution in [0.3, 0.4) is 0 Å². The van der Waals surface area contributed by atoms with Crippen LogP contribution in [0, 0.1) is 11.8 Å². The lowest BCUT2D eigenvalue weighted by molar-refractivity contribution is 0.228. The van der Waals surface area contributed by atoms with Gasteiger partial charge in [0.05, 0.1) is 29.8 Å². The van der Waals surface area contributed by atoms with Gasteiger partial charge in [-0.3, -0.25) is 0 Å². The van der Waals surface area contributed by atoms with E-state index in [1.54, 1.807) is 0 Å². The number of aromatic amines is 1. The first-order chi connectivity index (χ1) is 18.6. The van der Waals surface area contributed by atoms with E-state index in [0.29, 0.717) is 11.8 Å². The van der Waals surface area contributed by atoms with Crippen molar-refractivity contribution in [1.29, 1.82) is 0 Å². The molecule has 0 aliphatic carbocycles. The average Bonchev–Trinajstić information content (AvgIpc) is 3.37. The Morgan fingerprint density at radius 2 is 1.42 bits per heavy atom. The molecular formula is C34H52N2O2. The van der Waals surface area contributed by atoms with Crippen molar-refractivity contribution in [3.63, 3.8) is 0 Å². The Labute approximate surface area is 231 Å². The second kappa shape index (κ2) is 16.5. The van der Waals surface area contributed by atoms with E-state index < -0.39 is 0 Å². The van der Waals surface area contributed by atoms with E-state index in [2.05, 4.69) is 76.0 Å². The van der Waals surface area contributed by atoms with Crippen LogP contribution in [-0.4, -0.2) is 23.2 Å². The van der Waals surface area contributed by atoms with E-state index in [1.807, 2.05) is 0 Å². The van der Waals surface area contributed by atoms with Gasteiger partial charge < -0.3 is 14.5 Å². The zero-order valence-corrected chi connectivity index (χ0v) is 24.8. The first-order valence-electron chi connectivity index (χ1n) is 15.5. The van der Waals surface area contributed by atoms with Gasteiger partial charge >= 0.3 is 0 Å². The molecule has 0 bridgehead atoms. The van der Waals surface area contributed by atoms with Gasteiger partial charge in [-0.25, -0.2) is 4.98 Å². The molecule has 0 aliphatic heterocycles. The predicted molar refractivity (Wildman–Crippen MR) is 162 cm³/mol. The van der Waals surface area contributed by atoms with Crippen molar-refractivity contribution in [3.05, 3.63) is 42.0 Å². The summed E-state index contributed by atoms with van der Waals surface area (Å²) in [5.41, 5.74) is 4.43. The number of hydrogen-bond donors (Lipinski definition) is 1.